The van der Waals surface area contributed by atoms with Gasteiger partial charge in [-0.3, -0.25) is 4.79 Å². The highest BCUT2D eigenvalue weighted by molar-refractivity contribution is 5.76. The predicted molar refractivity (Wildman–Crippen MR) is 308 cm³/mol. The third-order valence-corrected chi connectivity index (χ3v) is 12.7. The maximum atomic E-state index is 12.5. The Morgan fingerprint density at radius 3 is 0.957 bits per heavy atom. The van der Waals surface area contributed by atoms with Crippen LogP contribution in [0.15, 0.2) is 122 Å². The topological polar surface area (TPSA) is 69.6 Å². The molecule has 0 radical (unpaired) electrons. The number of aliphatic hydroxyl groups is 2. The standard InChI is InChI=1S/C65H111NO3/c1-3-5-7-9-11-13-15-17-19-21-23-25-27-28-29-30-31-32-33-34-35-36-37-38-39-41-43-45-47-49-51-53-55-57-59-61-65(69)66-63(62-67)64(68)60-58-56-54-52-50-48-46-44-42-40-26-24-22-20-18-16-14-12-10-8-6-4-2/h5,7,11,13,17,19,23,25,28-29,31-32,34-35,37-38,41,43,58,60,63-64,67-68H,3-4,6,8-10,12,14-16,18,20-22,24,26-27,30,33,36,39-40,42,44-57,59,61-62H2,1-2H3,(H,66,69)/b7-5-,13-11-,19-17-,25-23-,29-28-,32-31-,35-34-,38-37-,43-41-,60-58+. The average Bonchev–Trinajstić information content (AvgIpc) is 3.35. The van der Waals surface area contributed by atoms with Crippen LogP contribution in [0.3, 0.4) is 0 Å². The lowest BCUT2D eigenvalue weighted by atomic mass is 10.0. The lowest BCUT2D eigenvalue weighted by Crippen LogP contribution is -2.45. The molecule has 2 atom stereocenters. The molecule has 0 aliphatic heterocycles. The zero-order valence-electron chi connectivity index (χ0n) is 45.3. The van der Waals surface area contributed by atoms with Gasteiger partial charge in [-0.15, -0.1) is 0 Å². The molecule has 2 unspecified atom stereocenters. The maximum Gasteiger partial charge on any atom is 0.220 e. The second kappa shape index (κ2) is 59.1. The van der Waals surface area contributed by atoms with E-state index in [1.807, 2.05) is 6.08 Å². The fourth-order valence-electron chi connectivity index (χ4n) is 8.29. The second-order valence-electron chi connectivity index (χ2n) is 19.3. The molecule has 4 nitrogen and oxygen atoms in total. The third kappa shape index (κ3) is 55.6. The first-order valence-electron chi connectivity index (χ1n) is 29.2. The van der Waals surface area contributed by atoms with Gasteiger partial charge in [-0.1, -0.05) is 289 Å². The lowest BCUT2D eigenvalue weighted by Gasteiger charge is -2.20. The van der Waals surface area contributed by atoms with E-state index < -0.39 is 12.1 Å². The van der Waals surface area contributed by atoms with Crippen LogP contribution in [0, 0.1) is 0 Å². The summed E-state index contributed by atoms with van der Waals surface area (Å²) in [4.78, 5) is 12.5. The van der Waals surface area contributed by atoms with E-state index >= 15 is 0 Å². The fourth-order valence-corrected chi connectivity index (χ4v) is 8.29. The number of hydrogen-bond donors (Lipinski definition) is 3. The van der Waals surface area contributed by atoms with Crippen LogP contribution in [-0.2, 0) is 4.79 Å². The van der Waals surface area contributed by atoms with E-state index in [1.54, 1.807) is 6.08 Å². The molecule has 0 aliphatic rings. The van der Waals surface area contributed by atoms with E-state index in [9.17, 15) is 15.0 Å². The SMILES string of the molecule is CC/C=C\C/C=C\C/C=C\C/C=C\C/C=C\C/C=C\C/C=C\C/C=C\C/C=C\CCCCCCCCCC(=O)NC(CO)C(O)/C=C/CCCCCCCCCCCCCCCCCCCCCC. The lowest BCUT2D eigenvalue weighted by molar-refractivity contribution is -0.123. The Balaban J connectivity index is 3.62. The number of amides is 1. The highest BCUT2D eigenvalue weighted by atomic mass is 16.3. The Hall–Kier alpha value is -3.21. The van der Waals surface area contributed by atoms with Gasteiger partial charge < -0.3 is 15.5 Å². The number of carbonyl (C=O) groups excluding carboxylic acids is 1. The molecule has 0 spiro atoms. The van der Waals surface area contributed by atoms with Gasteiger partial charge in [0.25, 0.3) is 0 Å². The van der Waals surface area contributed by atoms with Gasteiger partial charge in [-0.25, -0.2) is 0 Å². The van der Waals surface area contributed by atoms with Crippen LogP contribution >= 0.6 is 0 Å². The first kappa shape index (κ1) is 65.8. The van der Waals surface area contributed by atoms with Crippen LogP contribution < -0.4 is 5.32 Å². The average molecular weight is 955 g/mol. The number of rotatable bonds is 52. The van der Waals surface area contributed by atoms with Crippen molar-refractivity contribution >= 4 is 5.91 Å². The van der Waals surface area contributed by atoms with E-state index in [2.05, 4.69) is 129 Å². The highest BCUT2D eigenvalue weighted by Gasteiger charge is 2.18. The molecule has 0 saturated carbocycles. The summed E-state index contributed by atoms with van der Waals surface area (Å²) in [7, 11) is 0. The summed E-state index contributed by atoms with van der Waals surface area (Å²) in [5, 5.41) is 23.2. The van der Waals surface area contributed by atoms with Gasteiger partial charge in [-0.2, -0.15) is 0 Å². The molecule has 0 heterocycles. The van der Waals surface area contributed by atoms with Crippen LogP contribution in [0.2, 0.25) is 0 Å². The van der Waals surface area contributed by atoms with Crippen LogP contribution in [0.25, 0.3) is 0 Å². The molecule has 0 bridgehead atoms. The van der Waals surface area contributed by atoms with E-state index in [-0.39, 0.29) is 12.5 Å². The van der Waals surface area contributed by atoms with Crippen molar-refractivity contribution in [1.29, 1.82) is 0 Å². The number of aliphatic hydroxyl groups excluding tert-OH is 2. The molecule has 0 fully saturated rings. The van der Waals surface area contributed by atoms with Crippen molar-refractivity contribution in [2.75, 3.05) is 6.61 Å². The van der Waals surface area contributed by atoms with Crippen molar-refractivity contribution in [3.63, 3.8) is 0 Å². The third-order valence-electron chi connectivity index (χ3n) is 12.7. The van der Waals surface area contributed by atoms with Crippen molar-refractivity contribution in [3.8, 4) is 0 Å². The highest BCUT2D eigenvalue weighted by Crippen LogP contribution is 2.16. The van der Waals surface area contributed by atoms with Gasteiger partial charge >= 0.3 is 0 Å². The van der Waals surface area contributed by atoms with Crippen molar-refractivity contribution in [2.24, 2.45) is 0 Å². The molecular weight excluding hydrogens is 843 g/mol. The van der Waals surface area contributed by atoms with Crippen LogP contribution in [0.4, 0.5) is 0 Å². The Morgan fingerprint density at radius 1 is 0.362 bits per heavy atom. The number of nitrogens with one attached hydrogen (secondary N) is 1. The summed E-state index contributed by atoms with van der Waals surface area (Å²) in [6.45, 7) is 4.20. The number of carbonyl (C=O) groups is 1. The zero-order valence-corrected chi connectivity index (χ0v) is 45.3. The van der Waals surface area contributed by atoms with Crippen LogP contribution in [0.5, 0.6) is 0 Å². The minimum Gasteiger partial charge on any atom is -0.394 e. The van der Waals surface area contributed by atoms with E-state index in [0.29, 0.717) is 6.42 Å². The summed E-state index contributed by atoms with van der Waals surface area (Å²) in [6.07, 6.45) is 90.7. The first-order chi connectivity index (χ1) is 34.2. The molecule has 394 valence electrons. The summed E-state index contributed by atoms with van der Waals surface area (Å²) in [6, 6.07) is -0.638. The fraction of sp³-hybridized carbons (Fsp3) is 0.677. The van der Waals surface area contributed by atoms with Crippen molar-refractivity contribution in [2.45, 2.75) is 276 Å². The van der Waals surface area contributed by atoms with E-state index in [4.69, 9.17) is 0 Å². The summed E-state index contributed by atoms with van der Waals surface area (Å²) >= 11 is 0. The molecular formula is C65H111NO3. The van der Waals surface area contributed by atoms with Crippen molar-refractivity contribution in [3.05, 3.63) is 122 Å². The largest absolute Gasteiger partial charge is 0.394 e. The minimum atomic E-state index is -0.853. The number of unbranched alkanes of at least 4 members (excludes halogenated alkanes) is 27. The minimum absolute atomic E-state index is 0.0782. The van der Waals surface area contributed by atoms with Gasteiger partial charge in [0, 0.05) is 6.42 Å². The monoisotopic (exact) mass is 954 g/mol. The van der Waals surface area contributed by atoms with Crippen LogP contribution in [0.1, 0.15) is 264 Å². The van der Waals surface area contributed by atoms with Gasteiger partial charge in [0.15, 0.2) is 0 Å². The Labute approximate surface area is 428 Å². The Bertz CT molecular complexity index is 1360. The molecule has 1 amide bonds. The first-order valence-corrected chi connectivity index (χ1v) is 29.2. The molecule has 0 aliphatic carbocycles. The Kier molecular flexibility index (Phi) is 56.4. The molecule has 0 aromatic carbocycles. The summed E-state index contributed by atoms with van der Waals surface area (Å²) in [5.74, 6) is -0.0782. The maximum absolute atomic E-state index is 12.5. The van der Waals surface area contributed by atoms with Crippen LogP contribution in [-0.4, -0.2) is 34.9 Å². The second-order valence-corrected chi connectivity index (χ2v) is 19.3. The Morgan fingerprint density at radius 2 is 0.638 bits per heavy atom. The molecule has 0 rings (SSSR count). The molecule has 3 N–H and O–H groups in total. The summed E-state index contributed by atoms with van der Waals surface area (Å²) in [5.41, 5.74) is 0. The summed E-state index contributed by atoms with van der Waals surface area (Å²) < 4.78 is 0. The quantitative estimate of drug-likeness (QED) is 0.0420. The normalized spacial score (nSPS) is 13.7. The number of allylic oxidation sites excluding steroid dienone is 19. The van der Waals surface area contributed by atoms with Crippen molar-refractivity contribution < 1.29 is 15.0 Å². The molecule has 0 aromatic heterocycles. The van der Waals surface area contributed by atoms with Gasteiger partial charge in [0.05, 0.1) is 18.8 Å². The van der Waals surface area contributed by atoms with Gasteiger partial charge in [-0.05, 0) is 89.9 Å². The van der Waals surface area contributed by atoms with E-state index in [1.165, 1.54) is 148 Å². The molecule has 69 heavy (non-hydrogen) atoms. The van der Waals surface area contributed by atoms with Crippen molar-refractivity contribution in [1.82, 2.24) is 5.32 Å². The van der Waals surface area contributed by atoms with Gasteiger partial charge in [0.2, 0.25) is 5.91 Å². The smallest absolute Gasteiger partial charge is 0.220 e. The van der Waals surface area contributed by atoms with E-state index in [0.717, 1.165) is 96.3 Å². The zero-order chi connectivity index (χ0) is 49.9. The predicted octanol–water partition coefficient (Wildman–Crippen LogP) is 19.6. The molecule has 0 saturated heterocycles. The van der Waals surface area contributed by atoms with Gasteiger partial charge in [0.1, 0.15) is 0 Å². The molecule has 0 aromatic rings. The number of hydrogen-bond acceptors (Lipinski definition) is 3. The molecule has 4 heteroatoms.